The maximum absolute atomic E-state index is 12.1. The van der Waals surface area contributed by atoms with Crippen molar-refractivity contribution in [1.29, 1.82) is 0 Å². The van der Waals surface area contributed by atoms with Crippen LogP contribution in [0.5, 0.6) is 0 Å². The number of hydrogen-bond acceptors (Lipinski definition) is 3. The van der Waals surface area contributed by atoms with E-state index in [1.54, 1.807) is 4.90 Å². The molecule has 4 N–H and O–H groups in total. The monoisotopic (exact) mass is 271 g/mol. The summed E-state index contributed by atoms with van der Waals surface area (Å²) in [7, 11) is 0. The third-order valence-corrected chi connectivity index (χ3v) is 3.43. The van der Waals surface area contributed by atoms with Gasteiger partial charge in [-0.05, 0) is 33.1 Å². The number of primary amides is 1. The molecular formula is C12H21N3O4. The molecule has 1 fully saturated rings. The van der Waals surface area contributed by atoms with Crippen molar-refractivity contribution >= 4 is 17.9 Å². The molecule has 19 heavy (non-hydrogen) atoms. The second-order valence-electron chi connectivity index (χ2n) is 5.05. The summed E-state index contributed by atoms with van der Waals surface area (Å²) in [4.78, 5) is 35.5. The number of nitrogens with two attached hydrogens (primary N) is 1. The third-order valence-electron chi connectivity index (χ3n) is 3.43. The van der Waals surface area contributed by atoms with Gasteiger partial charge in [0.2, 0.25) is 5.91 Å². The Kier molecular flexibility index (Phi) is 5.14. The molecule has 1 heterocycles. The molecule has 0 aromatic rings. The number of urea groups is 1. The summed E-state index contributed by atoms with van der Waals surface area (Å²) in [6.45, 7) is 3.86. The predicted molar refractivity (Wildman–Crippen MR) is 68.4 cm³/mol. The lowest BCUT2D eigenvalue weighted by atomic mass is 9.98. The molecule has 0 bridgehead atoms. The second kappa shape index (κ2) is 6.40. The van der Waals surface area contributed by atoms with Crippen LogP contribution in [-0.2, 0) is 9.59 Å². The van der Waals surface area contributed by atoms with E-state index in [1.165, 1.54) is 0 Å². The van der Waals surface area contributed by atoms with Gasteiger partial charge in [0, 0.05) is 12.1 Å². The van der Waals surface area contributed by atoms with Crippen LogP contribution in [0.2, 0.25) is 0 Å². The molecule has 7 nitrogen and oxygen atoms in total. The summed E-state index contributed by atoms with van der Waals surface area (Å²) in [6.07, 6.45) is 2.43. The van der Waals surface area contributed by atoms with Crippen molar-refractivity contribution in [3.8, 4) is 0 Å². The van der Waals surface area contributed by atoms with Crippen LogP contribution < -0.4 is 11.1 Å². The molecule has 1 aliphatic rings. The van der Waals surface area contributed by atoms with Crippen LogP contribution in [0.15, 0.2) is 0 Å². The number of carbonyl (C=O) groups is 3. The number of carboxylic acid groups (broad SMARTS) is 1. The van der Waals surface area contributed by atoms with Gasteiger partial charge in [-0.25, -0.2) is 9.59 Å². The SMILES string of the molecule is CC1CCCC(C)N1C(=O)N[C@@H](CC(N)=O)C(=O)O. The van der Waals surface area contributed by atoms with Crippen molar-refractivity contribution in [2.45, 2.75) is 57.7 Å². The van der Waals surface area contributed by atoms with Gasteiger partial charge in [-0.1, -0.05) is 0 Å². The molecule has 1 aliphatic heterocycles. The molecule has 2 unspecified atom stereocenters. The van der Waals surface area contributed by atoms with Gasteiger partial charge in [-0.3, -0.25) is 4.79 Å². The standard InChI is InChI=1S/C12H21N3O4/c1-7-4-3-5-8(2)15(7)12(19)14-9(11(17)18)6-10(13)16/h7-9H,3-6H2,1-2H3,(H2,13,16)(H,14,19)(H,17,18)/t7?,8?,9-/m0/s1. The smallest absolute Gasteiger partial charge is 0.326 e. The van der Waals surface area contributed by atoms with Gasteiger partial charge in [0.15, 0.2) is 0 Å². The quantitative estimate of drug-likeness (QED) is 0.682. The highest BCUT2D eigenvalue weighted by Crippen LogP contribution is 2.22. The second-order valence-corrected chi connectivity index (χ2v) is 5.05. The van der Waals surface area contributed by atoms with Gasteiger partial charge in [-0.2, -0.15) is 0 Å². The van der Waals surface area contributed by atoms with Gasteiger partial charge in [0.1, 0.15) is 6.04 Å². The fourth-order valence-electron chi connectivity index (χ4n) is 2.45. The van der Waals surface area contributed by atoms with Crippen molar-refractivity contribution in [3.05, 3.63) is 0 Å². The Morgan fingerprint density at radius 2 is 1.84 bits per heavy atom. The number of carboxylic acids is 1. The van der Waals surface area contributed by atoms with E-state index in [1.807, 2.05) is 13.8 Å². The zero-order valence-electron chi connectivity index (χ0n) is 11.3. The van der Waals surface area contributed by atoms with Crippen LogP contribution in [0.1, 0.15) is 39.5 Å². The first-order valence-electron chi connectivity index (χ1n) is 6.43. The number of rotatable bonds is 4. The normalized spacial score (nSPS) is 24.6. The molecule has 108 valence electrons. The number of aliphatic carboxylic acids is 1. The summed E-state index contributed by atoms with van der Waals surface area (Å²) in [5, 5.41) is 11.3. The van der Waals surface area contributed by atoms with E-state index in [2.05, 4.69) is 5.32 Å². The van der Waals surface area contributed by atoms with E-state index >= 15 is 0 Å². The molecule has 7 heteroatoms. The van der Waals surface area contributed by atoms with Gasteiger partial charge < -0.3 is 21.1 Å². The molecule has 3 atom stereocenters. The van der Waals surface area contributed by atoms with Gasteiger partial charge in [0.25, 0.3) is 0 Å². The van der Waals surface area contributed by atoms with Crippen molar-refractivity contribution in [1.82, 2.24) is 10.2 Å². The summed E-state index contributed by atoms with van der Waals surface area (Å²) >= 11 is 0. The average Bonchev–Trinajstić information content (AvgIpc) is 2.27. The zero-order chi connectivity index (χ0) is 14.6. The van der Waals surface area contributed by atoms with Gasteiger partial charge >= 0.3 is 12.0 Å². The first kappa shape index (κ1) is 15.3. The Labute approximate surface area is 112 Å². The van der Waals surface area contributed by atoms with Crippen LogP contribution in [0.4, 0.5) is 4.79 Å². The molecule has 1 rings (SSSR count). The lowest BCUT2D eigenvalue weighted by Crippen LogP contribution is -2.55. The van der Waals surface area contributed by atoms with Crippen molar-refractivity contribution in [2.75, 3.05) is 0 Å². The number of piperidine rings is 1. The van der Waals surface area contributed by atoms with E-state index in [9.17, 15) is 14.4 Å². The first-order chi connectivity index (χ1) is 8.82. The van der Waals surface area contributed by atoms with Crippen molar-refractivity contribution in [3.63, 3.8) is 0 Å². The van der Waals surface area contributed by atoms with Crippen LogP contribution in [0, 0.1) is 0 Å². The Bertz CT molecular complexity index is 362. The van der Waals surface area contributed by atoms with Gasteiger partial charge in [-0.15, -0.1) is 0 Å². The summed E-state index contributed by atoms with van der Waals surface area (Å²) in [5.74, 6) is -2.02. The minimum atomic E-state index is -1.27. The summed E-state index contributed by atoms with van der Waals surface area (Å²) in [6, 6.07) is -1.60. The highest BCUT2D eigenvalue weighted by atomic mass is 16.4. The number of nitrogens with zero attached hydrogens (tertiary/aromatic N) is 1. The zero-order valence-corrected chi connectivity index (χ0v) is 11.3. The number of carbonyl (C=O) groups excluding carboxylic acids is 2. The fourth-order valence-corrected chi connectivity index (χ4v) is 2.45. The van der Waals surface area contributed by atoms with E-state index < -0.39 is 30.4 Å². The number of hydrogen-bond donors (Lipinski definition) is 3. The van der Waals surface area contributed by atoms with Crippen molar-refractivity contribution in [2.24, 2.45) is 5.73 Å². The minimum absolute atomic E-state index is 0.0618. The largest absolute Gasteiger partial charge is 0.480 e. The summed E-state index contributed by atoms with van der Waals surface area (Å²) < 4.78 is 0. The number of nitrogens with one attached hydrogen (secondary N) is 1. The van der Waals surface area contributed by atoms with E-state index in [0.29, 0.717) is 0 Å². The molecule has 0 radical (unpaired) electrons. The van der Waals surface area contributed by atoms with Crippen LogP contribution >= 0.6 is 0 Å². The third kappa shape index (κ3) is 4.11. The molecule has 0 aliphatic carbocycles. The Morgan fingerprint density at radius 3 is 2.26 bits per heavy atom. The van der Waals surface area contributed by atoms with E-state index in [0.717, 1.165) is 19.3 Å². The fraction of sp³-hybridized carbons (Fsp3) is 0.750. The maximum atomic E-state index is 12.1. The van der Waals surface area contributed by atoms with Crippen LogP contribution in [-0.4, -0.2) is 46.0 Å². The van der Waals surface area contributed by atoms with Crippen LogP contribution in [0.25, 0.3) is 0 Å². The topological polar surface area (TPSA) is 113 Å². The molecule has 3 amide bonds. The van der Waals surface area contributed by atoms with Crippen molar-refractivity contribution < 1.29 is 19.5 Å². The Hall–Kier alpha value is -1.79. The minimum Gasteiger partial charge on any atom is -0.480 e. The summed E-state index contributed by atoms with van der Waals surface area (Å²) in [5.41, 5.74) is 4.97. The average molecular weight is 271 g/mol. The van der Waals surface area contributed by atoms with Crippen LogP contribution in [0.3, 0.4) is 0 Å². The molecule has 0 spiro atoms. The predicted octanol–water partition coefficient (Wildman–Crippen LogP) is 0.288. The lowest BCUT2D eigenvalue weighted by Gasteiger charge is -2.39. The molecule has 0 saturated carbocycles. The molecule has 0 aromatic heterocycles. The first-order valence-corrected chi connectivity index (χ1v) is 6.43. The maximum Gasteiger partial charge on any atom is 0.326 e. The highest BCUT2D eigenvalue weighted by molar-refractivity contribution is 5.87. The van der Waals surface area contributed by atoms with E-state index in [4.69, 9.17) is 10.8 Å². The molecule has 0 aromatic carbocycles. The van der Waals surface area contributed by atoms with Gasteiger partial charge in [0.05, 0.1) is 6.42 Å². The number of likely N-dealkylation sites (tertiary alicyclic amines) is 1. The lowest BCUT2D eigenvalue weighted by molar-refractivity contribution is -0.141. The Balaban J connectivity index is 2.70. The highest BCUT2D eigenvalue weighted by Gasteiger charge is 2.31. The Morgan fingerprint density at radius 1 is 1.32 bits per heavy atom. The molecule has 1 saturated heterocycles. The number of amides is 3. The molecular weight excluding hydrogens is 250 g/mol. The van der Waals surface area contributed by atoms with E-state index in [-0.39, 0.29) is 12.1 Å².